The summed E-state index contributed by atoms with van der Waals surface area (Å²) in [6.07, 6.45) is 13.3. The van der Waals surface area contributed by atoms with Gasteiger partial charge in [0.15, 0.2) is 5.65 Å². The maximum Gasteiger partial charge on any atom is 0.246 e. The topological polar surface area (TPSA) is 111 Å². The zero-order valence-corrected chi connectivity index (χ0v) is 23.3. The van der Waals surface area contributed by atoms with Gasteiger partial charge in [0, 0.05) is 37.3 Å². The summed E-state index contributed by atoms with van der Waals surface area (Å²) in [4.78, 5) is 23.8. The first-order valence-electron chi connectivity index (χ1n) is 14.7. The van der Waals surface area contributed by atoms with Crippen molar-refractivity contribution < 1.29 is 9.53 Å². The summed E-state index contributed by atoms with van der Waals surface area (Å²) in [6.45, 7) is 2.04. The van der Waals surface area contributed by atoms with Gasteiger partial charge in [-0.15, -0.1) is 0 Å². The molecular formula is C32H37N7O2. The van der Waals surface area contributed by atoms with Crippen LogP contribution in [0.5, 0.6) is 11.5 Å². The number of nitrogens with two attached hydrogens (primary N) is 1. The number of para-hydroxylation sites is 1. The van der Waals surface area contributed by atoms with Crippen molar-refractivity contribution in [1.82, 2.24) is 30.0 Å². The Kier molecular flexibility index (Phi) is 8.23. The van der Waals surface area contributed by atoms with E-state index in [1.807, 2.05) is 70.3 Å². The molecule has 1 saturated heterocycles. The number of rotatable bonds is 8. The standard InChI is InChI=1S/C32H37N7O2/c33-31-29-30(23-15-17-27(18-16-23)41-26-12-5-2-6-13-26)37-39(32(29)36-22-35-31)25-11-8-20-38(21-25)28(40)14-7-19-34-24-9-3-1-4-10-24/h2,5-7,12-18,22,24-25,34H,1,3-4,8-11,19-21H2,(H2,33,35,36)/b14-7+. The number of anilines is 1. The van der Waals surface area contributed by atoms with Crippen molar-refractivity contribution in [3.63, 3.8) is 0 Å². The van der Waals surface area contributed by atoms with Gasteiger partial charge in [0.1, 0.15) is 29.3 Å². The van der Waals surface area contributed by atoms with Crippen LogP contribution in [0.15, 0.2) is 73.1 Å². The van der Waals surface area contributed by atoms with Gasteiger partial charge in [-0.25, -0.2) is 14.6 Å². The molecule has 1 atom stereocenters. The molecule has 41 heavy (non-hydrogen) atoms. The third kappa shape index (κ3) is 6.25. The summed E-state index contributed by atoms with van der Waals surface area (Å²) < 4.78 is 7.89. The number of ether oxygens (including phenoxy) is 1. The molecule has 0 bridgehead atoms. The number of nitrogens with zero attached hydrogens (tertiary/aromatic N) is 5. The molecule has 9 heteroatoms. The van der Waals surface area contributed by atoms with Crippen molar-refractivity contribution >= 4 is 22.8 Å². The van der Waals surface area contributed by atoms with Crippen LogP contribution in [0.2, 0.25) is 0 Å². The van der Waals surface area contributed by atoms with Crippen molar-refractivity contribution in [2.24, 2.45) is 0 Å². The van der Waals surface area contributed by atoms with Gasteiger partial charge in [0.05, 0.1) is 11.4 Å². The predicted molar refractivity (Wildman–Crippen MR) is 161 cm³/mol. The van der Waals surface area contributed by atoms with E-state index in [1.165, 1.54) is 38.4 Å². The van der Waals surface area contributed by atoms with E-state index in [4.69, 9.17) is 15.6 Å². The molecule has 0 spiro atoms. The zero-order chi connectivity index (χ0) is 28.0. The molecule has 1 aliphatic carbocycles. The number of likely N-dealkylation sites (tertiary alicyclic amines) is 1. The highest BCUT2D eigenvalue weighted by molar-refractivity contribution is 5.98. The van der Waals surface area contributed by atoms with Crippen molar-refractivity contribution in [1.29, 1.82) is 0 Å². The summed E-state index contributed by atoms with van der Waals surface area (Å²) in [7, 11) is 0. The van der Waals surface area contributed by atoms with Gasteiger partial charge in [0.25, 0.3) is 0 Å². The Morgan fingerprint density at radius 3 is 2.56 bits per heavy atom. The largest absolute Gasteiger partial charge is 0.457 e. The van der Waals surface area contributed by atoms with E-state index in [9.17, 15) is 4.79 Å². The van der Waals surface area contributed by atoms with E-state index in [-0.39, 0.29) is 11.9 Å². The van der Waals surface area contributed by atoms with Gasteiger partial charge in [0.2, 0.25) is 5.91 Å². The molecule has 2 aromatic carbocycles. The number of nitrogen functional groups attached to an aromatic ring is 1. The van der Waals surface area contributed by atoms with Crippen LogP contribution < -0.4 is 15.8 Å². The number of hydrogen-bond donors (Lipinski definition) is 2. The fourth-order valence-corrected chi connectivity index (χ4v) is 5.92. The van der Waals surface area contributed by atoms with Crippen LogP contribution in [0.1, 0.15) is 51.0 Å². The number of carbonyl (C=O) groups excluding carboxylic acids is 1. The molecule has 0 radical (unpaired) electrons. The lowest BCUT2D eigenvalue weighted by molar-refractivity contribution is -0.127. The molecular weight excluding hydrogens is 514 g/mol. The molecule has 4 aromatic rings. The summed E-state index contributed by atoms with van der Waals surface area (Å²) >= 11 is 0. The number of aromatic nitrogens is 4. The normalized spacial score (nSPS) is 18.2. The molecule has 3 heterocycles. The van der Waals surface area contributed by atoms with E-state index in [1.54, 1.807) is 6.08 Å². The monoisotopic (exact) mass is 551 g/mol. The fourth-order valence-electron chi connectivity index (χ4n) is 5.92. The van der Waals surface area contributed by atoms with Crippen LogP contribution in [0.4, 0.5) is 5.82 Å². The molecule has 2 fully saturated rings. The van der Waals surface area contributed by atoms with Gasteiger partial charge in [-0.2, -0.15) is 5.10 Å². The van der Waals surface area contributed by atoms with E-state index < -0.39 is 0 Å². The van der Waals surface area contributed by atoms with Crippen molar-refractivity contribution in [3.8, 4) is 22.8 Å². The lowest BCUT2D eigenvalue weighted by atomic mass is 9.95. The second-order valence-electron chi connectivity index (χ2n) is 10.9. The average molecular weight is 552 g/mol. The molecule has 2 aromatic heterocycles. The van der Waals surface area contributed by atoms with Gasteiger partial charge in [-0.3, -0.25) is 4.79 Å². The Hall–Kier alpha value is -4.24. The van der Waals surface area contributed by atoms with E-state index in [0.29, 0.717) is 24.1 Å². The quantitative estimate of drug-likeness (QED) is 0.278. The second kappa shape index (κ2) is 12.5. The van der Waals surface area contributed by atoms with Crippen LogP contribution in [-0.4, -0.2) is 56.2 Å². The number of hydrogen-bond acceptors (Lipinski definition) is 7. The Bertz CT molecular complexity index is 1490. The number of nitrogens with one attached hydrogen (secondary N) is 1. The third-order valence-electron chi connectivity index (χ3n) is 8.07. The predicted octanol–water partition coefficient (Wildman–Crippen LogP) is 5.51. The lowest BCUT2D eigenvalue weighted by Gasteiger charge is -2.32. The van der Waals surface area contributed by atoms with Gasteiger partial charge in [-0.1, -0.05) is 43.5 Å². The molecule has 1 amide bonds. The molecule has 2 aliphatic rings. The minimum absolute atomic E-state index is 0.00676. The molecule has 9 nitrogen and oxygen atoms in total. The van der Waals surface area contributed by atoms with Gasteiger partial charge < -0.3 is 20.7 Å². The SMILES string of the molecule is Nc1ncnc2c1c(-c1ccc(Oc3ccccc3)cc1)nn2C1CCCN(C(=O)/C=C/CNC2CCCCC2)C1. The number of piperidine rings is 1. The number of fused-ring (bicyclic) bond motifs is 1. The van der Waals surface area contributed by atoms with E-state index >= 15 is 0 Å². The highest BCUT2D eigenvalue weighted by atomic mass is 16.5. The Labute approximate surface area is 240 Å². The van der Waals surface area contributed by atoms with Crippen LogP contribution in [0.25, 0.3) is 22.3 Å². The maximum atomic E-state index is 13.1. The van der Waals surface area contributed by atoms with Gasteiger partial charge >= 0.3 is 0 Å². The summed E-state index contributed by atoms with van der Waals surface area (Å²) in [5.74, 6) is 1.94. The van der Waals surface area contributed by atoms with E-state index in [0.717, 1.165) is 54.1 Å². The zero-order valence-electron chi connectivity index (χ0n) is 23.3. The summed E-state index contributed by atoms with van der Waals surface area (Å²) in [5.41, 5.74) is 8.66. The Morgan fingerprint density at radius 2 is 1.76 bits per heavy atom. The first-order chi connectivity index (χ1) is 20.2. The van der Waals surface area contributed by atoms with Crippen molar-refractivity contribution in [2.45, 2.75) is 57.0 Å². The molecule has 212 valence electrons. The first-order valence-corrected chi connectivity index (χ1v) is 14.7. The second-order valence-corrected chi connectivity index (χ2v) is 10.9. The summed E-state index contributed by atoms with van der Waals surface area (Å²) in [6, 6.07) is 18.0. The number of benzene rings is 2. The van der Waals surface area contributed by atoms with Gasteiger partial charge in [-0.05, 0) is 62.1 Å². The Balaban J connectivity index is 1.18. The Morgan fingerprint density at radius 1 is 0.976 bits per heavy atom. The molecule has 1 saturated carbocycles. The minimum Gasteiger partial charge on any atom is -0.457 e. The van der Waals surface area contributed by atoms with Crippen molar-refractivity contribution in [2.75, 3.05) is 25.4 Å². The summed E-state index contributed by atoms with van der Waals surface area (Å²) in [5, 5.41) is 9.30. The highest BCUT2D eigenvalue weighted by Gasteiger charge is 2.28. The molecule has 1 unspecified atom stereocenters. The van der Waals surface area contributed by atoms with Crippen LogP contribution in [0.3, 0.4) is 0 Å². The smallest absolute Gasteiger partial charge is 0.246 e. The molecule has 1 aliphatic heterocycles. The van der Waals surface area contributed by atoms with Crippen LogP contribution in [0, 0.1) is 0 Å². The minimum atomic E-state index is -0.00676. The maximum absolute atomic E-state index is 13.1. The molecule has 6 rings (SSSR count). The lowest BCUT2D eigenvalue weighted by Crippen LogP contribution is -2.40. The van der Waals surface area contributed by atoms with Crippen molar-refractivity contribution in [3.05, 3.63) is 73.1 Å². The number of amides is 1. The van der Waals surface area contributed by atoms with Crippen LogP contribution in [-0.2, 0) is 4.79 Å². The van der Waals surface area contributed by atoms with Crippen LogP contribution >= 0.6 is 0 Å². The first kappa shape index (κ1) is 27.0. The third-order valence-corrected chi connectivity index (χ3v) is 8.07. The molecule has 3 N–H and O–H groups in total. The highest BCUT2D eigenvalue weighted by Crippen LogP contribution is 2.35. The number of carbonyl (C=O) groups is 1. The fraction of sp³-hybridized carbons (Fsp3) is 0.375. The van der Waals surface area contributed by atoms with E-state index in [2.05, 4.69) is 15.3 Å². The average Bonchev–Trinajstić information content (AvgIpc) is 3.42.